The van der Waals surface area contributed by atoms with Gasteiger partial charge in [-0.25, -0.2) is 4.98 Å². The van der Waals surface area contributed by atoms with Gasteiger partial charge < -0.3 is 10.6 Å². The highest BCUT2D eigenvalue weighted by molar-refractivity contribution is 6.01. The first kappa shape index (κ1) is 20.6. The Bertz CT molecular complexity index is 788. The van der Waals surface area contributed by atoms with E-state index in [-0.39, 0.29) is 23.1 Å². The minimum atomic E-state index is -0.650. The number of rotatable bonds is 5. The molecule has 1 aromatic carbocycles. The first-order valence-corrected chi connectivity index (χ1v) is 9.23. The highest BCUT2D eigenvalue weighted by atomic mass is 16.2. The summed E-state index contributed by atoms with van der Waals surface area (Å²) in [6.45, 7) is 12.1. The monoisotopic (exact) mass is 367 g/mol. The molecule has 0 aliphatic rings. The Morgan fingerprint density at radius 3 is 2.11 bits per heavy atom. The Kier molecular flexibility index (Phi) is 6.37. The molecule has 0 radical (unpaired) electrons. The number of aryl methyl sites for hydroxylation is 1. The quantitative estimate of drug-likeness (QED) is 0.836. The van der Waals surface area contributed by atoms with Gasteiger partial charge in [0.05, 0.1) is 0 Å². The fraction of sp³-hybridized carbons (Fsp3) is 0.409. The topological polar surface area (TPSA) is 71.1 Å². The molecular weight excluding hydrogens is 338 g/mol. The van der Waals surface area contributed by atoms with Gasteiger partial charge in [0.1, 0.15) is 11.9 Å². The van der Waals surface area contributed by atoms with Crippen LogP contribution in [0.1, 0.15) is 56.1 Å². The predicted octanol–water partition coefficient (Wildman–Crippen LogP) is 4.08. The molecule has 144 valence electrons. The van der Waals surface area contributed by atoms with Crippen LogP contribution in [0.2, 0.25) is 0 Å². The standard InChI is InChI=1S/C22H29N3O2/c1-14(2)19(21(27)24-18-12-7-15(3)13-23-18)25-20(26)16-8-10-17(11-9-16)22(4,5)6/h7-14,19H,1-6H3,(H,25,26)(H,23,24,27)/t19-/m0/s1. The molecule has 2 aromatic rings. The second kappa shape index (κ2) is 8.33. The molecule has 0 aliphatic heterocycles. The molecule has 1 heterocycles. The van der Waals surface area contributed by atoms with E-state index in [2.05, 4.69) is 36.4 Å². The maximum Gasteiger partial charge on any atom is 0.251 e. The van der Waals surface area contributed by atoms with E-state index < -0.39 is 6.04 Å². The van der Waals surface area contributed by atoms with Crippen molar-refractivity contribution in [3.05, 3.63) is 59.3 Å². The number of anilines is 1. The number of hydrogen-bond donors (Lipinski definition) is 2. The van der Waals surface area contributed by atoms with E-state index in [9.17, 15) is 9.59 Å². The first-order chi connectivity index (χ1) is 12.6. The highest BCUT2D eigenvalue weighted by Crippen LogP contribution is 2.22. The minimum absolute atomic E-state index is 0.0242. The molecule has 0 saturated carbocycles. The number of nitrogens with one attached hydrogen (secondary N) is 2. The third-order valence-corrected chi connectivity index (χ3v) is 4.41. The molecule has 2 N–H and O–H groups in total. The molecule has 2 amide bonds. The summed E-state index contributed by atoms with van der Waals surface area (Å²) >= 11 is 0. The van der Waals surface area contributed by atoms with E-state index in [1.54, 1.807) is 24.4 Å². The van der Waals surface area contributed by atoms with Crippen molar-refractivity contribution < 1.29 is 9.59 Å². The van der Waals surface area contributed by atoms with Crippen LogP contribution in [0.4, 0.5) is 5.82 Å². The van der Waals surface area contributed by atoms with E-state index in [4.69, 9.17) is 0 Å². The molecule has 0 bridgehead atoms. The Morgan fingerprint density at radius 2 is 1.63 bits per heavy atom. The summed E-state index contributed by atoms with van der Waals surface area (Å²) < 4.78 is 0. The van der Waals surface area contributed by atoms with Crippen LogP contribution in [0, 0.1) is 12.8 Å². The van der Waals surface area contributed by atoms with Gasteiger partial charge in [-0.15, -0.1) is 0 Å². The van der Waals surface area contributed by atoms with Gasteiger partial charge in [0, 0.05) is 11.8 Å². The second-order valence-electron chi connectivity index (χ2n) is 8.23. The zero-order valence-corrected chi connectivity index (χ0v) is 17.0. The molecule has 5 heteroatoms. The van der Waals surface area contributed by atoms with Gasteiger partial charge in [0.25, 0.3) is 5.91 Å². The molecule has 0 aliphatic carbocycles. The Balaban J connectivity index is 2.09. The molecular formula is C22H29N3O2. The van der Waals surface area contributed by atoms with Crippen molar-refractivity contribution >= 4 is 17.6 Å². The number of aromatic nitrogens is 1. The number of carbonyl (C=O) groups excluding carboxylic acids is 2. The lowest BCUT2D eigenvalue weighted by atomic mass is 9.86. The van der Waals surface area contributed by atoms with Crippen LogP contribution in [0.3, 0.4) is 0 Å². The van der Waals surface area contributed by atoms with Crippen LogP contribution in [0.5, 0.6) is 0 Å². The maximum absolute atomic E-state index is 12.6. The molecule has 0 unspecified atom stereocenters. The largest absolute Gasteiger partial charge is 0.340 e. The molecule has 5 nitrogen and oxygen atoms in total. The minimum Gasteiger partial charge on any atom is -0.340 e. The summed E-state index contributed by atoms with van der Waals surface area (Å²) in [7, 11) is 0. The average molecular weight is 367 g/mol. The summed E-state index contributed by atoms with van der Waals surface area (Å²) in [6.07, 6.45) is 1.69. The molecule has 0 spiro atoms. The zero-order valence-electron chi connectivity index (χ0n) is 17.0. The fourth-order valence-electron chi connectivity index (χ4n) is 2.63. The summed E-state index contributed by atoms with van der Waals surface area (Å²) in [6, 6.07) is 10.5. The van der Waals surface area contributed by atoms with Gasteiger partial charge in [-0.2, -0.15) is 0 Å². The lowest BCUT2D eigenvalue weighted by Gasteiger charge is -2.22. The first-order valence-electron chi connectivity index (χ1n) is 9.23. The van der Waals surface area contributed by atoms with Crippen molar-refractivity contribution in [3.8, 4) is 0 Å². The van der Waals surface area contributed by atoms with Gasteiger partial charge in [-0.3, -0.25) is 9.59 Å². The maximum atomic E-state index is 12.6. The van der Waals surface area contributed by atoms with Gasteiger partial charge in [0.15, 0.2) is 0 Å². The normalized spacial score (nSPS) is 12.6. The van der Waals surface area contributed by atoms with Crippen molar-refractivity contribution in [2.75, 3.05) is 5.32 Å². The van der Waals surface area contributed by atoms with Gasteiger partial charge in [0.2, 0.25) is 5.91 Å². The van der Waals surface area contributed by atoms with Crippen molar-refractivity contribution in [3.63, 3.8) is 0 Å². The molecule has 1 atom stereocenters. The summed E-state index contributed by atoms with van der Waals surface area (Å²) in [4.78, 5) is 29.4. The van der Waals surface area contributed by atoms with Crippen LogP contribution < -0.4 is 10.6 Å². The lowest BCUT2D eigenvalue weighted by Crippen LogP contribution is -2.47. The van der Waals surface area contributed by atoms with Crippen molar-refractivity contribution in [2.24, 2.45) is 5.92 Å². The van der Waals surface area contributed by atoms with Crippen LogP contribution in [0.15, 0.2) is 42.6 Å². The van der Waals surface area contributed by atoms with Gasteiger partial charge >= 0.3 is 0 Å². The van der Waals surface area contributed by atoms with E-state index >= 15 is 0 Å². The molecule has 0 fully saturated rings. The Labute approximate surface area is 161 Å². The second-order valence-corrected chi connectivity index (χ2v) is 8.23. The summed E-state index contributed by atoms with van der Waals surface area (Å²) in [5.41, 5.74) is 2.73. The third kappa shape index (κ3) is 5.64. The summed E-state index contributed by atoms with van der Waals surface area (Å²) in [5, 5.41) is 5.62. The number of amides is 2. The van der Waals surface area contributed by atoms with Crippen molar-refractivity contribution in [1.29, 1.82) is 0 Å². The van der Waals surface area contributed by atoms with Crippen LogP contribution in [0.25, 0.3) is 0 Å². The Morgan fingerprint density at radius 1 is 1.00 bits per heavy atom. The van der Waals surface area contributed by atoms with Crippen molar-refractivity contribution in [2.45, 2.75) is 53.0 Å². The van der Waals surface area contributed by atoms with E-state index in [1.807, 2.05) is 39.0 Å². The molecule has 27 heavy (non-hydrogen) atoms. The molecule has 0 saturated heterocycles. The number of hydrogen-bond acceptors (Lipinski definition) is 3. The predicted molar refractivity (Wildman–Crippen MR) is 109 cm³/mol. The van der Waals surface area contributed by atoms with E-state index in [0.717, 1.165) is 11.1 Å². The van der Waals surface area contributed by atoms with Crippen LogP contribution >= 0.6 is 0 Å². The molecule has 1 aromatic heterocycles. The number of benzene rings is 1. The van der Waals surface area contributed by atoms with Crippen molar-refractivity contribution in [1.82, 2.24) is 10.3 Å². The number of pyridine rings is 1. The average Bonchev–Trinajstić information content (AvgIpc) is 2.60. The number of nitrogens with zero attached hydrogens (tertiary/aromatic N) is 1. The van der Waals surface area contributed by atoms with Gasteiger partial charge in [-0.05, 0) is 47.6 Å². The fourth-order valence-corrected chi connectivity index (χ4v) is 2.63. The van der Waals surface area contributed by atoms with Crippen LogP contribution in [-0.2, 0) is 10.2 Å². The van der Waals surface area contributed by atoms with Gasteiger partial charge in [-0.1, -0.05) is 52.8 Å². The van der Waals surface area contributed by atoms with E-state index in [0.29, 0.717) is 11.4 Å². The lowest BCUT2D eigenvalue weighted by molar-refractivity contribution is -0.118. The number of carbonyl (C=O) groups is 2. The summed E-state index contributed by atoms with van der Waals surface area (Å²) in [5.74, 6) is -0.129. The zero-order chi connectivity index (χ0) is 20.2. The molecule has 2 rings (SSSR count). The third-order valence-electron chi connectivity index (χ3n) is 4.41. The van der Waals surface area contributed by atoms with Crippen LogP contribution in [-0.4, -0.2) is 22.8 Å². The SMILES string of the molecule is Cc1ccc(NC(=O)[C@@H](NC(=O)c2ccc(C(C)(C)C)cc2)C(C)C)nc1. The Hall–Kier alpha value is -2.69. The highest BCUT2D eigenvalue weighted by Gasteiger charge is 2.25. The smallest absolute Gasteiger partial charge is 0.251 e. The van der Waals surface area contributed by atoms with E-state index in [1.165, 1.54) is 0 Å².